The highest BCUT2D eigenvalue weighted by Crippen LogP contribution is 2.38. The second-order valence-electron chi connectivity index (χ2n) is 7.67. The number of thiazole rings is 1. The highest BCUT2D eigenvalue weighted by atomic mass is 32.1. The summed E-state index contributed by atoms with van der Waals surface area (Å²) in [5, 5.41) is 4.19. The minimum Gasteiger partial charge on any atom is -0.491 e. The molecule has 5 heteroatoms. The van der Waals surface area contributed by atoms with Crippen LogP contribution in [0.4, 0.5) is 0 Å². The van der Waals surface area contributed by atoms with Crippen LogP contribution in [0.3, 0.4) is 0 Å². The maximum absolute atomic E-state index is 13.1. The summed E-state index contributed by atoms with van der Waals surface area (Å²) in [4.78, 5) is 17.9. The van der Waals surface area contributed by atoms with Crippen molar-refractivity contribution in [2.75, 3.05) is 0 Å². The number of hydrogen-bond acceptors (Lipinski definition) is 4. The van der Waals surface area contributed by atoms with Gasteiger partial charge in [-0.15, -0.1) is 11.3 Å². The van der Waals surface area contributed by atoms with Crippen molar-refractivity contribution in [3.05, 3.63) is 71.3 Å². The summed E-state index contributed by atoms with van der Waals surface area (Å²) in [6.45, 7) is 4.48. The van der Waals surface area contributed by atoms with Gasteiger partial charge in [0.15, 0.2) is 0 Å². The molecule has 0 saturated heterocycles. The average Bonchev–Trinajstić information content (AvgIpc) is 3.16. The molecule has 3 aromatic rings. The number of nitrogens with one attached hydrogen (secondary N) is 1. The molecular formula is C24H26N2O2S. The summed E-state index contributed by atoms with van der Waals surface area (Å²) in [6, 6.07) is 16.1. The van der Waals surface area contributed by atoms with Gasteiger partial charge in [0.25, 0.3) is 0 Å². The molecule has 1 N–H and O–H groups in total. The highest BCUT2D eigenvalue weighted by molar-refractivity contribution is 7.18. The molecule has 0 bridgehead atoms. The van der Waals surface area contributed by atoms with E-state index in [4.69, 9.17) is 9.72 Å². The van der Waals surface area contributed by atoms with Gasteiger partial charge >= 0.3 is 0 Å². The van der Waals surface area contributed by atoms with E-state index in [0.717, 1.165) is 34.7 Å². The third kappa shape index (κ3) is 4.51. The minimum absolute atomic E-state index is 0.0814. The van der Waals surface area contributed by atoms with E-state index < -0.39 is 0 Å². The number of amides is 1. The SMILES string of the molecule is CC(C)Oc1ccccc1CNC(=O)C1CC=CCC1c1nc2ccccc2s1. The smallest absolute Gasteiger partial charge is 0.224 e. The summed E-state index contributed by atoms with van der Waals surface area (Å²) in [5.74, 6) is 0.935. The van der Waals surface area contributed by atoms with Crippen LogP contribution in [0.1, 0.15) is 43.2 Å². The van der Waals surface area contributed by atoms with Crippen LogP contribution in [0.5, 0.6) is 5.75 Å². The highest BCUT2D eigenvalue weighted by Gasteiger charge is 2.32. The number of aromatic nitrogens is 1. The van der Waals surface area contributed by atoms with Crippen LogP contribution in [0, 0.1) is 5.92 Å². The van der Waals surface area contributed by atoms with Crippen LogP contribution >= 0.6 is 11.3 Å². The molecule has 0 aliphatic heterocycles. The molecule has 1 aliphatic rings. The van der Waals surface area contributed by atoms with E-state index >= 15 is 0 Å². The van der Waals surface area contributed by atoms with Crippen molar-refractivity contribution < 1.29 is 9.53 Å². The average molecular weight is 407 g/mol. The van der Waals surface area contributed by atoms with E-state index in [1.807, 2.05) is 56.3 Å². The largest absolute Gasteiger partial charge is 0.491 e. The number of benzene rings is 2. The van der Waals surface area contributed by atoms with Crippen LogP contribution in [-0.4, -0.2) is 17.0 Å². The lowest BCUT2D eigenvalue weighted by atomic mass is 9.82. The van der Waals surface area contributed by atoms with Gasteiger partial charge in [-0.25, -0.2) is 4.98 Å². The Labute approximate surface area is 175 Å². The van der Waals surface area contributed by atoms with Crippen molar-refractivity contribution in [3.8, 4) is 5.75 Å². The van der Waals surface area contributed by atoms with E-state index in [1.165, 1.54) is 4.70 Å². The number of ether oxygens (including phenoxy) is 1. The molecule has 4 rings (SSSR count). The lowest BCUT2D eigenvalue weighted by molar-refractivity contribution is -0.125. The fourth-order valence-electron chi connectivity index (χ4n) is 3.76. The predicted molar refractivity (Wildman–Crippen MR) is 118 cm³/mol. The van der Waals surface area contributed by atoms with Crippen LogP contribution in [0.2, 0.25) is 0 Å². The van der Waals surface area contributed by atoms with Crippen molar-refractivity contribution in [3.63, 3.8) is 0 Å². The first-order chi connectivity index (χ1) is 14.1. The lowest BCUT2D eigenvalue weighted by Gasteiger charge is -2.26. The topological polar surface area (TPSA) is 51.2 Å². The number of allylic oxidation sites excluding steroid dienone is 2. The predicted octanol–water partition coefficient (Wildman–Crippen LogP) is 5.45. The molecule has 1 amide bonds. The van der Waals surface area contributed by atoms with Gasteiger partial charge in [-0.1, -0.05) is 42.5 Å². The number of para-hydroxylation sites is 2. The monoisotopic (exact) mass is 406 g/mol. The number of fused-ring (bicyclic) bond motifs is 1. The molecule has 2 unspecified atom stereocenters. The molecule has 0 fully saturated rings. The Hall–Kier alpha value is -2.66. The third-order valence-corrected chi connectivity index (χ3v) is 6.35. The van der Waals surface area contributed by atoms with E-state index in [0.29, 0.717) is 6.54 Å². The zero-order valence-electron chi connectivity index (χ0n) is 16.8. The lowest BCUT2D eigenvalue weighted by Crippen LogP contribution is -2.34. The number of carbonyl (C=O) groups is 1. The van der Waals surface area contributed by atoms with Gasteiger partial charge in [-0.2, -0.15) is 0 Å². The van der Waals surface area contributed by atoms with Gasteiger partial charge in [0.05, 0.1) is 27.2 Å². The molecular weight excluding hydrogens is 380 g/mol. The van der Waals surface area contributed by atoms with Gasteiger partial charge in [-0.05, 0) is 44.9 Å². The number of nitrogens with zero attached hydrogens (tertiary/aromatic N) is 1. The zero-order chi connectivity index (χ0) is 20.2. The fourth-order valence-corrected chi connectivity index (χ4v) is 4.90. The first kappa shape index (κ1) is 19.6. The number of hydrogen-bond donors (Lipinski definition) is 1. The molecule has 29 heavy (non-hydrogen) atoms. The summed E-state index contributed by atoms with van der Waals surface area (Å²) in [5.41, 5.74) is 2.01. The normalized spacial score (nSPS) is 18.9. The molecule has 4 nitrogen and oxygen atoms in total. The van der Waals surface area contributed by atoms with Crippen molar-refractivity contribution in [1.29, 1.82) is 0 Å². The Balaban J connectivity index is 1.49. The molecule has 150 valence electrons. The second kappa shape index (κ2) is 8.78. The van der Waals surface area contributed by atoms with Crippen LogP contribution in [-0.2, 0) is 11.3 Å². The summed E-state index contributed by atoms with van der Waals surface area (Å²) >= 11 is 1.70. The summed E-state index contributed by atoms with van der Waals surface area (Å²) in [6.07, 6.45) is 5.98. The standard InChI is InChI=1S/C24H26N2O2S/c1-16(2)28-21-13-7-3-9-17(21)15-25-23(27)18-10-4-5-11-19(18)24-26-20-12-6-8-14-22(20)29-24/h3-9,12-14,16,18-19H,10-11,15H2,1-2H3,(H,25,27). The van der Waals surface area contributed by atoms with Crippen LogP contribution in [0.25, 0.3) is 10.2 Å². The van der Waals surface area contributed by atoms with E-state index in [-0.39, 0.29) is 23.8 Å². The zero-order valence-corrected chi connectivity index (χ0v) is 17.6. The second-order valence-corrected chi connectivity index (χ2v) is 8.73. The molecule has 1 aromatic heterocycles. The van der Waals surface area contributed by atoms with Crippen molar-refractivity contribution >= 4 is 27.5 Å². The Morgan fingerprint density at radius 3 is 2.72 bits per heavy atom. The van der Waals surface area contributed by atoms with Crippen LogP contribution < -0.4 is 10.1 Å². The van der Waals surface area contributed by atoms with E-state index in [9.17, 15) is 4.79 Å². The summed E-state index contributed by atoms with van der Waals surface area (Å²) < 4.78 is 7.05. The molecule has 2 atom stereocenters. The Kier molecular flexibility index (Phi) is 5.95. The first-order valence-corrected chi connectivity index (χ1v) is 11.0. The maximum atomic E-state index is 13.1. The Morgan fingerprint density at radius 2 is 1.90 bits per heavy atom. The van der Waals surface area contributed by atoms with E-state index in [1.54, 1.807) is 11.3 Å². The molecule has 0 spiro atoms. The van der Waals surface area contributed by atoms with Crippen LogP contribution in [0.15, 0.2) is 60.7 Å². The van der Waals surface area contributed by atoms with E-state index in [2.05, 4.69) is 23.5 Å². The van der Waals surface area contributed by atoms with Gasteiger partial charge in [0.2, 0.25) is 5.91 Å². The third-order valence-electron chi connectivity index (χ3n) is 5.19. The number of rotatable bonds is 6. The van der Waals surface area contributed by atoms with Gasteiger partial charge in [-0.3, -0.25) is 4.79 Å². The summed E-state index contributed by atoms with van der Waals surface area (Å²) in [7, 11) is 0. The molecule has 0 saturated carbocycles. The molecule has 2 aromatic carbocycles. The fraction of sp³-hybridized carbons (Fsp3) is 0.333. The molecule has 1 heterocycles. The van der Waals surface area contributed by atoms with Gasteiger partial charge < -0.3 is 10.1 Å². The Morgan fingerprint density at radius 1 is 1.14 bits per heavy atom. The molecule has 0 radical (unpaired) electrons. The molecule has 1 aliphatic carbocycles. The van der Waals surface area contributed by atoms with Gasteiger partial charge in [0.1, 0.15) is 5.75 Å². The number of carbonyl (C=O) groups excluding carboxylic acids is 1. The van der Waals surface area contributed by atoms with Crippen molar-refractivity contribution in [2.45, 2.75) is 45.3 Å². The van der Waals surface area contributed by atoms with Crippen molar-refractivity contribution in [2.24, 2.45) is 5.92 Å². The first-order valence-electron chi connectivity index (χ1n) is 10.1. The quantitative estimate of drug-likeness (QED) is 0.554. The Bertz CT molecular complexity index is 991. The maximum Gasteiger partial charge on any atom is 0.224 e. The van der Waals surface area contributed by atoms with Crippen molar-refractivity contribution in [1.82, 2.24) is 10.3 Å². The minimum atomic E-state index is -0.0984. The van der Waals surface area contributed by atoms with Gasteiger partial charge in [0, 0.05) is 18.0 Å².